The molecule has 2 heterocycles. The molecule has 0 unspecified atom stereocenters. The van der Waals surface area contributed by atoms with Crippen LogP contribution in [0.3, 0.4) is 0 Å². The molecule has 1 aliphatic carbocycles. The lowest BCUT2D eigenvalue weighted by Gasteiger charge is -2.42. The highest BCUT2D eigenvalue weighted by Crippen LogP contribution is 2.44. The van der Waals surface area contributed by atoms with Crippen molar-refractivity contribution in [2.24, 2.45) is 0 Å². The van der Waals surface area contributed by atoms with Gasteiger partial charge in [-0.1, -0.05) is 0 Å². The number of carbonyl (C=O) groups excluding carboxylic acids is 1. The van der Waals surface area contributed by atoms with Gasteiger partial charge in [0.1, 0.15) is 0 Å². The molecule has 27 heavy (non-hydrogen) atoms. The summed E-state index contributed by atoms with van der Waals surface area (Å²) >= 11 is 0. The molecule has 6 nitrogen and oxygen atoms in total. The first-order valence-corrected chi connectivity index (χ1v) is 10.2. The third-order valence-corrected chi connectivity index (χ3v) is 6.45. The molecule has 2 N–H and O–H groups in total. The maximum Gasteiger partial charge on any atom is 0.336 e. The number of aromatic nitrogens is 1. The normalized spacial score (nSPS) is 21.8. The lowest BCUT2D eigenvalue weighted by molar-refractivity contribution is 0.157. The van der Waals surface area contributed by atoms with Gasteiger partial charge in [0.2, 0.25) is 0 Å². The number of likely N-dealkylation sites (N-methyl/N-ethyl adjacent to an activating group) is 1. The highest BCUT2D eigenvalue weighted by molar-refractivity contribution is 5.94. The topological polar surface area (TPSA) is 52.5 Å². The molecule has 6 heteroatoms. The van der Waals surface area contributed by atoms with Crippen LogP contribution in [-0.2, 0) is 6.42 Å². The van der Waals surface area contributed by atoms with Gasteiger partial charge in [-0.2, -0.15) is 0 Å². The van der Waals surface area contributed by atoms with Crippen LogP contribution >= 0.6 is 0 Å². The molecule has 2 atom stereocenters. The minimum absolute atomic E-state index is 0.0476. The molecule has 0 saturated carbocycles. The predicted molar refractivity (Wildman–Crippen MR) is 111 cm³/mol. The molecular formula is C21H31N5O. The van der Waals surface area contributed by atoms with E-state index in [-0.39, 0.29) is 6.03 Å². The van der Waals surface area contributed by atoms with Crippen molar-refractivity contribution in [1.29, 1.82) is 0 Å². The van der Waals surface area contributed by atoms with Gasteiger partial charge >= 0.3 is 6.03 Å². The third-order valence-electron chi connectivity index (χ3n) is 6.45. The number of piperidine rings is 1. The number of rotatable bonds is 4. The zero-order valence-corrected chi connectivity index (χ0v) is 16.9. The Morgan fingerprint density at radius 2 is 2.07 bits per heavy atom. The standard InChI is InChI=1S/C21H31N5O/c1-5-25(6-2)21(27)23-26-13-14-10-18-16(8-7-9-24(18)4)17-11-15(22-3)12-19(26)20(14)17/h11-13,16,18,22H,5-10H2,1-4H3,(H,23,27)/t16-,18-/m1/s1. The van der Waals surface area contributed by atoms with E-state index < -0.39 is 0 Å². The van der Waals surface area contributed by atoms with Crippen LogP contribution in [0.15, 0.2) is 18.3 Å². The minimum atomic E-state index is -0.0476. The van der Waals surface area contributed by atoms with Gasteiger partial charge < -0.3 is 15.1 Å². The summed E-state index contributed by atoms with van der Waals surface area (Å²) in [6.45, 7) is 6.60. The summed E-state index contributed by atoms with van der Waals surface area (Å²) in [6.07, 6.45) is 5.68. The highest BCUT2D eigenvalue weighted by Gasteiger charge is 2.37. The molecule has 1 aliphatic heterocycles. The fraction of sp³-hybridized carbons (Fsp3) is 0.571. The predicted octanol–water partition coefficient (Wildman–Crippen LogP) is 3.42. The van der Waals surface area contributed by atoms with Gasteiger partial charge in [0.15, 0.2) is 0 Å². The van der Waals surface area contributed by atoms with Crippen LogP contribution in [0.25, 0.3) is 10.9 Å². The summed E-state index contributed by atoms with van der Waals surface area (Å²) in [5.74, 6) is 0.571. The van der Waals surface area contributed by atoms with Crippen molar-refractivity contribution in [1.82, 2.24) is 14.5 Å². The fourth-order valence-electron chi connectivity index (χ4n) is 4.96. The molecule has 146 valence electrons. The summed E-state index contributed by atoms with van der Waals surface area (Å²) in [5.41, 5.74) is 8.09. The Kier molecular flexibility index (Phi) is 4.76. The SMILES string of the molecule is CCN(CC)C(=O)Nn1cc2c3c(cc(NC)cc31)[C@H]1CCCN(C)[C@@H]1C2. The van der Waals surface area contributed by atoms with E-state index in [1.165, 1.54) is 35.9 Å². The Balaban J connectivity index is 1.81. The van der Waals surface area contributed by atoms with Crippen LogP contribution in [0.4, 0.5) is 10.5 Å². The Morgan fingerprint density at radius 1 is 1.30 bits per heavy atom. The Morgan fingerprint density at radius 3 is 2.78 bits per heavy atom. The van der Waals surface area contributed by atoms with Gasteiger partial charge in [-0.3, -0.25) is 4.68 Å². The average molecular weight is 370 g/mol. The highest BCUT2D eigenvalue weighted by atomic mass is 16.2. The summed E-state index contributed by atoms with van der Waals surface area (Å²) in [5, 5.41) is 4.65. The number of anilines is 1. The molecule has 1 aromatic heterocycles. The Bertz CT molecular complexity index is 854. The first-order valence-electron chi connectivity index (χ1n) is 10.2. The second kappa shape index (κ2) is 7.08. The lowest BCUT2D eigenvalue weighted by Crippen LogP contribution is -2.44. The minimum Gasteiger partial charge on any atom is -0.388 e. The number of carbonyl (C=O) groups is 1. The second-order valence-corrected chi connectivity index (χ2v) is 7.82. The quantitative estimate of drug-likeness (QED) is 0.868. The lowest BCUT2D eigenvalue weighted by atomic mass is 9.75. The van der Waals surface area contributed by atoms with Gasteiger partial charge in [0.25, 0.3) is 0 Å². The molecule has 1 fully saturated rings. The van der Waals surface area contributed by atoms with E-state index in [9.17, 15) is 4.79 Å². The number of amides is 2. The van der Waals surface area contributed by atoms with Gasteiger partial charge in [-0.25, -0.2) is 10.2 Å². The van der Waals surface area contributed by atoms with E-state index in [4.69, 9.17) is 0 Å². The van der Waals surface area contributed by atoms with Crippen LogP contribution < -0.4 is 10.7 Å². The zero-order valence-electron chi connectivity index (χ0n) is 16.9. The van der Waals surface area contributed by atoms with Crippen molar-refractivity contribution in [3.8, 4) is 0 Å². The summed E-state index contributed by atoms with van der Waals surface area (Å²) < 4.78 is 1.94. The van der Waals surface area contributed by atoms with Crippen molar-refractivity contribution >= 4 is 22.6 Å². The molecule has 0 bridgehead atoms. The van der Waals surface area contributed by atoms with E-state index >= 15 is 0 Å². The number of likely N-dealkylation sites (tertiary alicyclic amines) is 1. The first-order chi connectivity index (χ1) is 13.1. The Labute approximate surface area is 161 Å². The van der Waals surface area contributed by atoms with Gasteiger partial charge in [-0.05, 0) is 70.0 Å². The monoisotopic (exact) mass is 369 g/mol. The molecule has 2 aromatic rings. The Hall–Kier alpha value is -2.21. The van der Waals surface area contributed by atoms with Crippen LogP contribution in [-0.4, -0.2) is 60.3 Å². The van der Waals surface area contributed by atoms with E-state index in [0.717, 1.165) is 17.6 Å². The molecule has 1 aromatic carbocycles. The van der Waals surface area contributed by atoms with Crippen molar-refractivity contribution in [3.05, 3.63) is 29.5 Å². The summed E-state index contributed by atoms with van der Waals surface area (Å²) in [4.78, 5) is 17.0. The molecular weight excluding hydrogens is 338 g/mol. The summed E-state index contributed by atoms with van der Waals surface area (Å²) in [6, 6.07) is 4.97. The largest absolute Gasteiger partial charge is 0.388 e. The maximum absolute atomic E-state index is 12.6. The van der Waals surface area contributed by atoms with Crippen molar-refractivity contribution in [2.75, 3.05) is 44.5 Å². The number of hydrogen-bond donors (Lipinski definition) is 2. The molecule has 0 spiro atoms. The molecule has 2 amide bonds. The molecule has 1 saturated heterocycles. The van der Waals surface area contributed by atoms with Crippen LogP contribution in [0, 0.1) is 0 Å². The molecule has 0 radical (unpaired) electrons. The van der Waals surface area contributed by atoms with Gasteiger partial charge in [-0.15, -0.1) is 0 Å². The second-order valence-electron chi connectivity index (χ2n) is 7.82. The third kappa shape index (κ3) is 2.96. The van der Waals surface area contributed by atoms with E-state index in [1.54, 1.807) is 0 Å². The van der Waals surface area contributed by atoms with Crippen molar-refractivity contribution in [2.45, 2.75) is 45.1 Å². The first kappa shape index (κ1) is 18.2. The number of hydrogen-bond acceptors (Lipinski definition) is 3. The zero-order chi connectivity index (χ0) is 19.1. The van der Waals surface area contributed by atoms with Gasteiger partial charge in [0.05, 0.1) is 5.52 Å². The summed E-state index contributed by atoms with van der Waals surface area (Å²) in [7, 11) is 4.21. The average Bonchev–Trinajstić information content (AvgIpc) is 3.01. The van der Waals surface area contributed by atoms with Crippen LogP contribution in [0.2, 0.25) is 0 Å². The number of nitrogens with one attached hydrogen (secondary N) is 2. The number of fused-ring (bicyclic) bond motifs is 2. The van der Waals surface area contributed by atoms with Gasteiger partial charge in [0, 0.05) is 49.4 Å². The van der Waals surface area contributed by atoms with E-state index in [0.29, 0.717) is 25.0 Å². The van der Waals surface area contributed by atoms with Crippen LogP contribution in [0.5, 0.6) is 0 Å². The number of urea groups is 1. The maximum atomic E-state index is 12.6. The molecule has 2 aliphatic rings. The van der Waals surface area contributed by atoms with Crippen LogP contribution in [0.1, 0.15) is 43.7 Å². The fourth-order valence-corrected chi connectivity index (χ4v) is 4.96. The number of nitrogens with zero attached hydrogens (tertiary/aromatic N) is 3. The van der Waals surface area contributed by atoms with Crippen molar-refractivity contribution in [3.63, 3.8) is 0 Å². The number of benzene rings is 1. The smallest absolute Gasteiger partial charge is 0.336 e. The van der Waals surface area contributed by atoms with Crippen molar-refractivity contribution < 1.29 is 4.79 Å². The van der Waals surface area contributed by atoms with E-state index in [2.05, 4.69) is 41.0 Å². The van der Waals surface area contributed by atoms with E-state index in [1.807, 2.05) is 30.5 Å². The molecule has 4 rings (SSSR count).